The maximum atomic E-state index is 12.2. The van der Waals surface area contributed by atoms with Crippen molar-refractivity contribution in [1.29, 1.82) is 0 Å². The van der Waals surface area contributed by atoms with Crippen LogP contribution < -0.4 is 4.74 Å². The van der Waals surface area contributed by atoms with Crippen molar-refractivity contribution in [3.05, 3.63) is 29.8 Å². The first kappa shape index (κ1) is 27.6. The third kappa shape index (κ3) is 8.90. The summed E-state index contributed by atoms with van der Waals surface area (Å²) in [6.07, 6.45) is 0.401. The molecule has 0 aliphatic rings. The third-order valence-corrected chi connectivity index (χ3v) is 10.7. The summed E-state index contributed by atoms with van der Waals surface area (Å²) < 4.78 is 23.8. The normalized spacial score (nSPS) is 13.6. The van der Waals surface area contributed by atoms with Gasteiger partial charge in [-0.2, -0.15) is 0 Å². The second-order valence-corrected chi connectivity index (χ2v) is 12.4. The van der Waals surface area contributed by atoms with Crippen molar-refractivity contribution in [2.75, 3.05) is 35.0 Å². The Morgan fingerprint density at radius 2 is 1.61 bits per heavy atom. The Labute approximate surface area is 189 Å². The summed E-state index contributed by atoms with van der Waals surface area (Å²) in [6.45, 7) is 7.49. The molecule has 0 aliphatic carbocycles. The van der Waals surface area contributed by atoms with Gasteiger partial charge in [0.1, 0.15) is 5.75 Å². The molecule has 0 N–H and O–H groups in total. The number of hydrogen-bond donors (Lipinski definition) is 0. The molecule has 0 fully saturated rings. The first-order chi connectivity index (χ1) is 14.9. The summed E-state index contributed by atoms with van der Waals surface area (Å²) in [6, 6.07) is 10.9. The van der Waals surface area contributed by atoms with Gasteiger partial charge in [-0.15, -0.1) is 0 Å². The average molecular weight is 456 g/mol. The number of hydroxylamine groups is 2. The lowest BCUT2D eigenvalue weighted by atomic mass is 10.1. The summed E-state index contributed by atoms with van der Waals surface area (Å²) in [5, 5.41) is 1.24. The highest BCUT2D eigenvalue weighted by atomic mass is 28.4. The molecule has 1 rings (SSSR count). The van der Waals surface area contributed by atoms with Gasteiger partial charge in [0, 0.05) is 20.6 Å². The number of rotatable bonds is 16. The van der Waals surface area contributed by atoms with E-state index in [1.165, 1.54) is 12.2 Å². The Morgan fingerprint density at radius 3 is 2.10 bits per heavy atom. The van der Waals surface area contributed by atoms with Gasteiger partial charge in [-0.3, -0.25) is 9.63 Å². The number of nitrogens with zero attached hydrogens (tertiary/aromatic N) is 1. The van der Waals surface area contributed by atoms with Crippen LogP contribution in [0.1, 0.15) is 39.2 Å². The molecule has 7 nitrogen and oxygen atoms in total. The number of methoxy groups -OCH3 is 2. The second kappa shape index (κ2) is 14.6. The van der Waals surface area contributed by atoms with Gasteiger partial charge in [-0.05, 0) is 42.2 Å². The fraction of sp³-hybridized carbons (Fsp3) is 0.696. The lowest BCUT2D eigenvalue weighted by Crippen LogP contribution is -2.47. The Balaban J connectivity index is 2.85. The van der Waals surface area contributed by atoms with Crippen molar-refractivity contribution in [2.24, 2.45) is 0 Å². The molecule has 0 spiro atoms. The van der Waals surface area contributed by atoms with Gasteiger partial charge in [-0.1, -0.05) is 32.9 Å². The molecule has 1 aromatic carbocycles. The number of benzene rings is 1. The van der Waals surface area contributed by atoms with E-state index >= 15 is 0 Å². The van der Waals surface area contributed by atoms with Gasteiger partial charge < -0.3 is 18.6 Å². The summed E-state index contributed by atoms with van der Waals surface area (Å²) in [7, 11) is 4.53. The van der Waals surface area contributed by atoms with E-state index in [2.05, 4.69) is 20.8 Å². The molecule has 31 heavy (non-hydrogen) atoms. The fourth-order valence-electron chi connectivity index (χ4n) is 3.53. The Morgan fingerprint density at radius 1 is 1.00 bits per heavy atom. The van der Waals surface area contributed by atoms with Gasteiger partial charge >= 0.3 is 0 Å². The first-order valence-electron chi connectivity index (χ1n) is 11.1. The van der Waals surface area contributed by atoms with E-state index in [9.17, 15) is 4.79 Å². The first-order valence-corrected chi connectivity index (χ1v) is 13.6. The zero-order chi connectivity index (χ0) is 23.3. The van der Waals surface area contributed by atoms with Crippen LogP contribution in [0.4, 0.5) is 0 Å². The maximum Gasteiger partial charge on any atom is 0.245 e. The Kier molecular flexibility index (Phi) is 13.0. The van der Waals surface area contributed by atoms with Crippen LogP contribution in [0, 0.1) is 0 Å². The van der Waals surface area contributed by atoms with Crippen molar-refractivity contribution in [3.8, 4) is 5.75 Å². The van der Waals surface area contributed by atoms with Crippen molar-refractivity contribution in [3.63, 3.8) is 0 Å². The summed E-state index contributed by atoms with van der Waals surface area (Å²) >= 11 is 0. The topological polar surface area (TPSA) is 66.5 Å². The van der Waals surface area contributed by atoms with Crippen molar-refractivity contribution in [2.45, 2.75) is 70.6 Å². The monoisotopic (exact) mass is 455 g/mol. The van der Waals surface area contributed by atoms with E-state index in [0.29, 0.717) is 26.1 Å². The minimum atomic E-state index is -1.88. The number of hydrogen-bond acceptors (Lipinski definition) is 6. The van der Waals surface area contributed by atoms with E-state index in [1.54, 1.807) is 21.3 Å². The predicted octanol–water partition coefficient (Wildman–Crippen LogP) is 4.42. The number of amides is 1. The molecule has 8 heteroatoms. The molecular formula is C23H41NO6Si. The number of ether oxygens (including phenoxy) is 3. The van der Waals surface area contributed by atoms with Crippen LogP contribution in [0.3, 0.4) is 0 Å². The van der Waals surface area contributed by atoms with Crippen LogP contribution >= 0.6 is 0 Å². The zero-order valence-corrected chi connectivity index (χ0v) is 21.3. The maximum absolute atomic E-state index is 12.2. The molecule has 0 unspecified atom stereocenters. The van der Waals surface area contributed by atoms with Crippen LogP contribution in [0.2, 0.25) is 18.1 Å². The van der Waals surface area contributed by atoms with Gasteiger partial charge in [0.2, 0.25) is 5.91 Å². The summed E-state index contributed by atoms with van der Waals surface area (Å²) in [4.78, 5) is 17.2. The molecule has 0 saturated heterocycles. The highest BCUT2D eigenvalue weighted by molar-refractivity contribution is 6.73. The lowest BCUT2D eigenvalue weighted by molar-refractivity contribution is -0.169. The fourth-order valence-corrected chi connectivity index (χ4v) is 6.40. The van der Waals surface area contributed by atoms with Crippen molar-refractivity contribution in [1.82, 2.24) is 5.06 Å². The van der Waals surface area contributed by atoms with E-state index in [4.69, 9.17) is 23.5 Å². The second-order valence-electron chi connectivity index (χ2n) is 7.65. The van der Waals surface area contributed by atoms with E-state index < -0.39 is 8.32 Å². The van der Waals surface area contributed by atoms with Crippen LogP contribution in [-0.2, 0) is 30.1 Å². The van der Waals surface area contributed by atoms with Crippen LogP contribution in [-0.4, -0.2) is 66.5 Å². The number of carbonyl (C=O) groups excluding carboxylic acids is 1. The molecular weight excluding hydrogens is 414 g/mol. The molecule has 0 aromatic heterocycles. The molecule has 0 heterocycles. The van der Waals surface area contributed by atoms with Gasteiger partial charge in [-0.25, -0.2) is 5.06 Å². The molecule has 2 atom stereocenters. The van der Waals surface area contributed by atoms with E-state index in [0.717, 1.165) is 29.4 Å². The molecule has 0 aliphatic heterocycles. The van der Waals surface area contributed by atoms with E-state index in [1.807, 2.05) is 24.3 Å². The van der Waals surface area contributed by atoms with Crippen LogP contribution in [0.25, 0.3) is 0 Å². The zero-order valence-electron chi connectivity index (χ0n) is 20.3. The van der Waals surface area contributed by atoms with Gasteiger partial charge in [0.25, 0.3) is 0 Å². The molecule has 0 saturated carbocycles. The molecule has 0 bridgehead atoms. The van der Waals surface area contributed by atoms with Crippen molar-refractivity contribution >= 4 is 14.2 Å². The summed E-state index contributed by atoms with van der Waals surface area (Å²) in [5.41, 5.74) is 1.07. The number of carbonyl (C=O) groups is 1. The van der Waals surface area contributed by atoms with Crippen LogP contribution in [0.15, 0.2) is 24.3 Å². The summed E-state index contributed by atoms with van der Waals surface area (Å²) in [5.74, 6) is 0.729. The minimum Gasteiger partial charge on any atom is -0.497 e. The third-order valence-electron chi connectivity index (χ3n) is 6.03. The Bertz CT molecular complexity index is 615. The van der Waals surface area contributed by atoms with Gasteiger partial charge in [0.15, 0.2) is 8.32 Å². The standard InChI is InChI=1S/C23H41NO6Si/c1-8-31(9-2,10-3)30-22(21(27-6)15-16-23(25)24(4)28-7)18-29-17-19-11-13-20(26-5)14-12-19/h11-14,21-22H,8-10,15-18H2,1-7H3/t21-,22+/m0/s1. The Hall–Kier alpha value is -1.45. The SMILES string of the molecule is CC[Si](CC)(CC)O[C@H](COCc1ccc(OC)cc1)[C@H](CCC(=O)N(C)OC)OC. The van der Waals surface area contributed by atoms with Crippen LogP contribution in [0.5, 0.6) is 5.75 Å². The quantitative estimate of drug-likeness (QED) is 0.272. The highest BCUT2D eigenvalue weighted by Gasteiger charge is 2.35. The van der Waals surface area contributed by atoms with Gasteiger partial charge in [0.05, 0.1) is 39.6 Å². The van der Waals surface area contributed by atoms with E-state index in [-0.39, 0.29) is 18.1 Å². The van der Waals surface area contributed by atoms with Crippen molar-refractivity contribution < 1.29 is 28.3 Å². The highest BCUT2D eigenvalue weighted by Crippen LogP contribution is 2.26. The molecule has 1 aromatic rings. The average Bonchev–Trinajstić information content (AvgIpc) is 2.82. The molecule has 178 valence electrons. The smallest absolute Gasteiger partial charge is 0.245 e. The predicted molar refractivity (Wildman–Crippen MR) is 125 cm³/mol. The molecule has 1 amide bonds. The molecule has 0 radical (unpaired) electrons. The largest absolute Gasteiger partial charge is 0.497 e. The minimum absolute atomic E-state index is 0.0903. The lowest BCUT2D eigenvalue weighted by Gasteiger charge is -2.36.